The Morgan fingerprint density at radius 3 is 2.90 bits per heavy atom. The molecule has 106 valence electrons. The molecule has 0 bridgehead atoms. The zero-order valence-corrected chi connectivity index (χ0v) is 11.5. The van der Waals surface area contributed by atoms with E-state index in [1.54, 1.807) is 10.5 Å². The molecule has 0 fully saturated rings. The van der Waals surface area contributed by atoms with Crippen LogP contribution in [0.3, 0.4) is 0 Å². The van der Waals surface area contributed by atoms with Gasteiger partial charge in [0.1, 0.15) is 5.82 Å². The number of pyridine rings is 1. The smallest absolute Gasteiger partial charge is 0.338 e. The summed E-state index contributed by atoms with van der Waals surface area (Å²) in [6.07, 6.45) is 1.82. The molecule has 0 aliphatic heterocycles. The molecule has 0 atom stereocenters. The van der Waals surface area contributed by atoms with Gasteiger partial charge in [-0.05, 0) is 23.8 Å². The largest absolute Gasteiger partial charge is 0.478 e. The van der Waals surface area contributed by atoms with Crippen LogP contribution in [-0.4, -0.2) is 25.7 Å². The van der Waals surface area contributed by atoms with Gasteiger partial charge >= 0.3 is 5.97 Å². The Labute approximate surface area is 123 Å². The summed E-state index contributed by atoms with van der Waals surface area (Å²) < 4.78 is 15.8. The van der Waals surface area contributed by atoms with Crippen LogP contribution in [0.5, 0.6) is 0 Å². The van der Waals surface area contributed by atoms with Crippen LogP contribution in [0.15, 0.2) is 47.8 Å². The average Bonchev–Trinajstić information content (AvgIpc) is 2.89. The maximum Gasteiger partial charge on any atom is 0.338 e. The van der Waals surface area contributed by atoms with Crippen molar-refractivity contribution in [3.63, 3.8) is 0 Å². The molecule has 0 aliphatic carbocycles. The summed E-state index contributed by atoms with van der Waals surface area (Å²) in [6, 6.07) is 9.88. The zero-order chi connectivity index (χ0) is 14.8. The number of hydrogen-bond donors (Lipinski definition) is 1. The lowest BCUT2D eigenvalue weighted by molar-refractivity contribution is 0.0691. The molecule has 21 heavy (non-hydrogen) atoms. The SMILES string of the molecule is O=C(O)c1cccc(CSc2nnc3ccccn23)c1F. The number of nitrogens with zero attached hydrogens (tertiary/aromatic N) is 3. The fraction of sp³-hybridized carbons (Fsp3) is 0.0714. The van der Waals surface area contributed by atoms with Gasteiger partial charge in [-0.3, -0.25) is 4.40 Å². The normalized spacial score (nSPS) is 10.9. The van der Waals surface area contributed by atoms with Crippen molar-refractivity contribution in [2.45, 2.75) is 10.9 Å². The van der Waals surface area contributed by atoms with Gasteiger partial charge in [0, 0.05) is 11.9 Å². The first-order valence-corrected chi connectivity index (χ1v) is 7.08. The minimum atomic E-state index is -1.27. The van der Waals surface area contributed by atoms with Gasteiger partial charge in [-0.15, -0.1) is 10.2 Å². The second-order valence-electron chi connectivity index (χ2n) is 4.28. The molecule has 2 heterocycles. The maximum absolute atomic E-state index is 14.0. The molecule has 0 spiro atoms. The predicted octanol–water partition coefficient (Wildman–Crippen LogP) is 2.86. The van der Waals surface area contributed by atoms with Gasteiger partial charge in [-0.1, -0.05) is 30.0 Å². The van der Waals surface area contributed by atoms with Gasteiger partial charge in [0.05, 0.1) is 5.56 Å². The number of aromatic nitrogens is 3. The predicted molar refractivity (Wildman–Crippen MR) is 75.9 cm³/mol. The van der Waals surface area contributed by atoms with E-state index >= 15 is 0 Å². The van der Waals surface area contributed by atoms with Gasteiger partial charge < -0.3 is 5.11 Å². The molecule has 2 aromatic heterocycles. The van der Waals surface area contributed by atoms with Gasteiger partial charge in [0.15, 0.2) is 10.8 Å². The van der Waals surface area contributed by atoms with E-state index < -0.39 is 11.8 Å². The number of hydrogen-bond acceptors (Lipinski definition) is 4. The Kier molecular flexibility index (Phi) is 3.57. The molecular formula is C14H10FN3O2S. The number of rotatable bonds is 4. The highest BCUT2D eigenvalue weighted by molar-refractivity contribution is 7.98. The van der Waals surface area contributed by atoms with Gasteiger partial charge in [-0.25, -0.2) is 9.18 Å². The van der Waals surface area contributed by atoms with Crippen molar-refractivity contribution in [2.75, 3.05) is 0 Å². The van der Waals surface area contributed by atoms with Crippen molar-refractivity contribution in [3.8, 4) is 0 Å². The summed E-state index contributed by atoms with van der Waals surface area (Å²) in [5, 5.41) is 17.6. The van der Waals surface area contributed by atoms with E-state index in [2.05, 4.69) is 10.2 Å². The average molecular weight is 303 g/mol. The molecule has 0 aliphatic rings. The van der Waals surface area contributed by atoms with Crippen molar-refractivity contribution < 1.29 is 14.3 Å². The van der Waals surface area contributed by atoms with Crippen LogP contribution in [0.4, 0.5) is 4.39 Å². The standard InChI is InChI=1S/C14H10FN3O2S/c15-12-9(4-3-5-10(12)13(19)20)8-21-14-17-16-11-6-1-2-7-18(11)14/h1-7H,8H2,(H,19,20). The summed E-state index contributed by atoms with van der Waals surface area (Å²) in [4.78, 5) is 10.9. The van der Waals surface area contributed by atoms with Crippen LogP contribution in [0.2, 0.25) is 0 Å². The van der Waals surface area contributed by atoms with E-state index in [1.165, 1.54) is 23.9 Å². The minimum absolute atomic E-state index is 0.280. The first-order chi connectivity index (χ1) is 10.2. The third kappa shape index (κ3) is 2.59. The van der Waals surface area contributed by atoms with Crippen molar-refractivity contribution in [2.24, 2.45) is 0 Å². The summed E-state index contributed by atoms with van der Waals surface area (Å²) in [5.74, 6) is -1.69. The van der Waals surface area contributed by atoms with Crippen molar-refractivity contribution in [1.82, 2.24) is 14.6 Å². The number of aromatic carboxylic acids is 1. The van der Waals surface area contributed by atoms with E-state index in [4.69, 9.17) is 5.11 Å². The topological polar surface area (TPSA) is 67.5 Å². The molecule has 1 N–H and O–H groups in total. The maximum atomic E-state index is 14.0. The molecule has 7 heteroatoms. The number of fused-ring (bicyclic) bond motifs is 1. The van der Waals surface area contributed by atoms with E-state index in [-0.39, 0.29) is 11.3 Å². The van der Waals surface area contributed by atoms with Gasteiger partial charge in [-0.2, -0.15) is 0 Å². The van der Waals surface area contributed by atoms with Crippen molar-refractivity contribution in [3.05, 3.63) is 59.5 Å². The number of thioether (sulfide) groups is 1. The molecule has 1 aromatic carbocycles. The lowest BCUT2D eigenvalue weighted by Crippen LogP contribution is -2.03. The summed E-state index contributed by atoms with van der Waals surface area (Å²) in [7, 11) is 0. The highest BCUT2D eigenvalue weighted by Crippen LogP contribution is 2.24. The number of carbonyl (C=O) groups is 1. The monoisotopic (exact) mass is 303 g/mol. The molecule has 0 amide bonds. The van der Waals surface area contributed by atoms with E-state index in [1.807, 2.05) is 24.4 Å². The van der Waals surface area contributed by atoms with Crippen LogP contribution < -0.4 is 0 Å². The summed E-state index contributed by atoms with van der Waals surface area (Å²) in [6.45, 7) is 0. The Morgan fingerprint density at radius 2 is 2.10 bits per heavy atom. The summed E-state index contributed by atoms with van der Waals surface area (Å²) in [5.41, 5.74) is 0.714. The Bertz CT molecular complexity index is 819. The molecule has 5 nitrogen and oxygen atoms in total. The van der Waals surface area contributed by atoms with Crippen LogP contribution in [0.25, 0.3) is 5.65 Å². The lowest BCUT2D eigenvalue weighted by atomic mass is 10.1. The third-order valence-electron chi connectivity index (χ3n) is 2.95. The molecule has 0 saturated heterocycles. The van der Waals surface area contributed by atoms with E-state index in [9.17, 15) is 9.18 Å². The molecule has 3 aromatic rings. The van der Waals surface area contributed by atoms with E-state index in [0.29, 0.717) is 16.4 Å². The van der Waals surface area contributed by atoms with Gasteiger partial charge in [0.25, 0.3) is 0 Å². The van der Waals surface area contributed by atoms with Crippen LogP contribution >= 0.6 is 11.8 Å². The lowest BCUT2D eigenvalue weighted by Gasteiger charge is -2.04. The molecule has 0 unspecified atom stereocenters. The molecule has 3 rings (SSSR count). The molecule has 0 radical (unpaired) electrons. The number of carboxylic acid groups (broad SMARTS) is 1. The van der Waals surface area contributed by atoms with E-state index in [0.717, 1.165) is 0 Å². The van der Waals surface area contributed by atoms with Crippen molar-refractivity contribution in [1.29, 1.82) is 0 Å². The number of carboxylic acids is 1. The first-order valence-electron chi connectivity index (χ1n) is 6.10. The second-order valence-corrected chi connectivity index (χ2v) is 5.23. The number of halogens is 1. The van der Waals surface area contributed by atoms with Crippen LogP contribution in [-0.2, 0) is 5.75 Å². The minimum Gasteiger partial charge on any atom is -0.478 e. The number of benzene rings is 1. The Hall–Kier alpha value is -2.41. The van der Waals surface area contributed by atoms with Crippen molar-refractivity contribution >= 4 is 23.4 Å². The van der Waals surface area contributed by atoms with Crippen LogP contribution in [0.1, 0.15) is 15.9 Å². The third-order valence-corrected chi connectivity index (χ3v) is 3.94. The highest BCUT2D eigenvalue weighted by Gasteiger charge is 2.14. The Balaban J connectivity index is 1.85. The molecule has 0 saturated carbocycles. The Morgan fingerprint density at radius 1 is 1.24 bits per heavy atom. The first kappa shape index (κ1) is 13.6. The summed E-state index contributed by atoms with van der Waals surface area (Å²) >= 11 is 1.30. The van der Waals surface area contributed by atoms with Crippen LogP contribution in [0, 0.1) is 5.82 Å². The van der Waals surface area contributed by atoms with Gasteiger partial charge in [0.2, 0.25) is 0 Å². The second kappa shape index (κ2) is 5.53. The quantitative estimate of drug-likeness (QED) is 0.751. The zero-order valence-electron chi connectivity index (χ0n) is 10.7. The fourth-order valence-electron chi connectivity index (χ4n) is 1.92. The fourth-order valence-corrected chi connectivity index (χ4v) is 2.82. The highest BCUT2D eigenvalue weighted by atomic mass is 32.2. The molecular weight excluding hydrogens is 293 g/mol.